The molecule has 3 aromatic rings. The molecule has 30 heavy (non-hydrogen) atoms. The lowest BCUT2D eigenvalue weighted by atomic mass is 10.2. The molecule has 2 heterocycles. The van der Waals surface area contributed by atoms with Gasteiger partial charge in [-0.15, -0.1) is 11.3 Å². The summed E-state index contributed by atoms with van der Waals surface area (Å²) in [4.78, 5) is 16.5. The summed E-state index contributed by atoms with van der Waals surface area (Å²) in [6.07, 6.45) is 1.83. The Morgan fingerprint density at radius 3 is 2.60 bits per heavy atom. The fourth-order valence-electron chi connectivity index (χ4n) is 3.87. The molecule has 0 N–H and O–H groups in total. The van der Waals surface area contributed by atoms with Crippen molar-refractivity contribution in [3.8, 4) is 0 Å². The molecule has 1 unspecified atom stereocenters. The number of sulfonamides is 1. The summed E-state index contributed by atoms with van der Waals surface area (Å²) in [5.74, 6) is -0.175. The van der Waals surface area contributed by atoms with Gasteiger partial charge in [0, 0.05) is 11.4 Å². The van der Waals surface area contributed by atoms with E-state index in [1.54, 1.807) is 53.8 Å². The zero-order valence-electron chi connectivity index (χ0n) is 16.8. The number of benzene rings is 2. The molecule has 7 heteroatoms. The lowest BCUT2D eigenvalue weighted by Crippen LogP contribution is -2.42. The van der Waals surface area contributed by atoms with Crippen LogP contribution in [-0.2, 0) is 14.8 Å². The monoisotopic (exact) mass is 440 g/mol. The third kappa shape index (κ3) is 4.13. The topological polar surface area (TPSA) is 57.7 Å². The predicted molar refractivity (Wildman–Crippen MR) is 120 cm³/mol. The molecule has 1 aromatic heterocycles. The largest absolute Gasteiger partial charge is 0.333 e. The van der Waals surface area contributed by atoms with Gasteiger partial charge in [-0.3, -0.25) is 9.10 Å². The van der Waals surface area contributed by atoms with Crippen LogP contribution in [0.1, 0.15) is 29.3 Å². The summed E-state index contributed by atoms with van der Waals surface area (Å²) in [6.45, 7) is 2.28. The second-order valence-electron chi connectivity index (χ2n) is 7.42. The summed E-state index contributed by atoms with van der Waals surface area (Å²) in [5.41, 5.74) is 1.34. The highest BCUT2D eigenvalue weighted by Gasteiger charge is 2.34. The van der Waals surface area contributed by atoms with Gasteiger partial charge in [0.05, 0.1) is 16.6 Å². The van der Waals surface area contributed by atoms with Crippen LogP contribution in [0.2, 0.25) is 0 Å². The molecule has 0 aliphatic carbocycles. The van der Waals surface area contributed by atoms with Crippen molar-refractivity contribution >= 4 is 33.0 Å². The van der Waals surface area contributed by atoms with Gasteiger partial charge < -0.3 is 4.90 Å². The Bertz CT molecular complexity index is 1110. The lowest BCUT2D eigenvalue weighted by molar-refractivity contribution is -0.130. The standard InChI is InChI=1S/C23H24N2O3S2/c1-18-8-5-11-20(16-18)30(27,28)25(19-9-3-2-4-10-19)17-23(26)24-14-6-12-21(24)22-13-7-15-29-22/h2-5,7-11,13,15-16,21H,6,12,14,17H2,1H3. The minimum absolute atomic E-state index is 0.0248. The molecule has 1 fully saturated rings. The summed E-state index contributed by atoms with van der Waals surface area (Å²) >= 11 is 1.63. The predicted octanol–water partition coefficient (Wildman–Crippen LogP) is 4.62. The number of hydrogen-bond acceptors (Lipinski definition) is 4. The molecule has 1 atom stereocenters. The Labute approximate surface area is 181 Å². The number of likely N-dealkylation sites (tertiary alicyclic amines) is 1. The number of para-hydroxylation sites is 1. The molecule has 1 aliphatic heterocycles. The molecule has 0 radical (unpaired) electrons. The Balaban J connectivity index is 1.66. The van der Waals surface area contributed by atoms with Crippen molar-refractivity contribution < 1.29 is 13.2 Å². The van der Waals surface area contributed by atoms with E-state index in [1.807, 2.05) is 41.5 Å². The van der Waals surface area contributed by atoms with E-state index in [4.69, 9.17) is 0 Å². The summed E-state index contributed by atoms with van der Waals surface area (Å²) in [7, 11) is -3.88. The molecule has 1 aliphatic rings. The maximum Gasteiger partial charge on any atom is 0.264 e. The van der Waals surface area contributed by atoms with Gasteiger partial charge in [0.2, 0.25) is 5.91 Å². The number of anilines is 1. The van der Waals surface area contributed by atoms with E-state index >= 15 is 0 Å². The first-order valence-corrected chi connectivity index (χ1v) is 12.3. The van der Waals surface area contributed by atoms with Crippen LogP contribution in [0.3, 0.4) is 0 Å². The van der Waals surface area contributed by atoms with E-state index in [0.29, 0.717) is 12.2 Å². The SMILES string of the molecule is Cc1cccc(S(=O)(=O)N(CC(=O)N2CCCC2c2cccs2)c2ccccc2)c1. The van der Waals surface area contributed by atoms with Gasteiger partial charge in [0.1, 0.15) is 6.54 Å². The molecule has 0 saturated carbocycles. The van der Waals surface area contributed by atoms with Crippen molar-refractivity contribution in [2.45, 2.75) is 30.7 Å². The summed E-state index contributed by atoms with van der Waals surface area (Å²) in [5, 5.41) is 2.01. The zero-order chi connectivity index (χ0) is 21.1. The van der Waals surface area contributed by atoms with Crippen LogP contribution in [0.15, 0.2) is 77.0 Å². The zero-order valence-corrected chi connectivity index (χ0v) is 18.4. The van der Waals surface area contributed by atoms with E-state index in [2.05, 4.69) is 0 Å². The minimum atomic E-state index is -3.88. The number of carbonyl (C=O) groups excluding carboxylic acids is 1. The summed E-state index contributed by atoms with van der Waals surface area (Å²) in [6, 6.07) is 19.7. The molecule has 156 valence electrons. The second kappa shape index (κ2) is 8.62. The number of hydrogen-bond donors (Lipinski definition) is 0. The Hall–Kier alpha value is -2.64. The van der Waals surface area contributed by atoms with Crippen molar-refractivity contribution in [3.63, 3.8) is 0 Å². The van der Waals surface area contributed by atoms with Gasteiger partial charge in [-0.25, -0.2) is 8.42 Å². The van der Waals surface area contributed by atoms with Crippen molar-refractivity contribution in [2.24, 2.45) is 0 Å². The highest BCUT2D eigenvalue weighted by molar-refractivity contribution is 7.92. The first kappa shape index (κ1) is 20.6. The van der Waals surface area contributed by atoms with Crippen LogP contribution in [0.25, 0.3) is 0 Å². The molecule has 0 spiro atoms. The fourth-order valence-corrected chi connectivity index (χ4v) is 6.26. The van der Waals surface area contributed by atoms with Crippen LogP contribution in [0.4, 0.5) is 5.69 Å². The molecular weight excluding hydrogens is 416 g/mol. The molecular formula is C23H24N2O3S2. The van der Waals surface area contributed by atoms with Crippen molar-refractivity contribution in [2.75, 3.05) is 17.4 Å². The van der Waals surface area contributed by atoms with Gasteiger partial charge in [-0.2, -0.15) is 0 Å². The Morgan fingerprint density at radius 2 is 1.90 bits per heavy atom. The average molecular weight is 441 g/mol. The van der Waals surface area contributed by atoms with Crippen molar-refractivity contribution in [1.82, 2.24) is 4.90 Å². The van der Waals surface area contributed by atoms with Crippen molar-refractivity contribution in [3.05, 3.63) is 82.6 Å². The van der Waals surface area contributed by atoms with E-state index in [9.17, 15) is 13.2 Å². The van der Waals surface area contributed by atoms with E-state index in [0.717, 1.165) is 23.3 Å². The van der Waals surface area contributed by atoms with Crippen molar-refractivity contribution in [1.29, 1.82) is 0 Å². The number of aryl methyl sites for hydroxylation is 1. The van der Waals surface area contributed by atoms with Gasteiger partial charge in [0.25, 0.3) is 10.0 Å². The Kier molecular flexibility index (Phi) is 5.92. The maximum atomic E-state index is 13.5. The third-order valence-electron chi connectivity index (χ3n) is 5.35. The minimum Gasteiger partial charge on any atom is -0.333 e. The quantitative estimate of drug-likeness (QED) is 0.562. The third-order valence-corrected chi connectivity index (χ3v) is 8.09. The van der Waals surface area contributed by atoms with Crippen LogP contribution in [0.5, 0.6) is 0 Å². The first-order valence-electron chi connectivity index (χ1n) is 9.94. The highest BCUT2D eigenvalue weighted by atomic mass is 32.2. The van der Waals surface area contributed by atoms with Gasteiger partial charge >= 0.3 is 0 Å². The number of amides is 1. The fraction of sp³-hybridized carbons (Fsp3) is 0.261. The second-order valence-corrected chi connectivity index (χ2v) is 10.3. The van der Waals surface area contributed by atoms with Crippen LogP contribution >= 0.6 is 11.3 Å². The molecule has 1 amide bonds. The molecule has 2 aromatic carbocycles. The normalized spacial score (nSPS) is 16.6. The Morgan fingerprint density at radius 1 is 1.10 bits per heavy atom. The van der Waals surface area contributed by atoms with E-state index < -0.39 is 10.0 Å². The van der Waals surface area contributed by atoms with E-state index in [1.165, 1.54) is 4.31 Å². The summed E-state index contributed by atoms with van der Waals surface area (Å²) < 4.78 is 28.2. The molecule has 1 saturated heterocycles. The van der Waals surface area contributed by atoms with Crippen LogP contribution < -0.4 is 4.31 Å². The van der Waals surface area contributed by atoms with Gasteiger partial charge in [-0.05, 0) is 61.0 Å². The van der Waals surface area contributed by atoms with Crippen LogP contribution in [-0.4, -0.2) is 32.3 Å². The number of carbonyl (C=O) groups is 1. The number of nitrogens with zero attached hydrogens (tertiary/aromatic N) is 2. The van der Waals surface area contributed by atoms with E-state index in [-0.39, 0.29) is 23.4 Å². The smallest absolute Gasteiger partial charge is 0.264 e. The maximum absolute atomic E-state index is 13.5. The average Bonchev–Trinajstić information content (AvgIpc) is 3.44. The molecule has 4 rings (SSSR count). The number of thiophene rings is 1. The van der Waals surface area contributed by atoms with Gasteiger partial charge in [-0.1, -0.05) is 36.4 Å². The lowest BCUT2D eigenvalue weighted by Gasteiger charge is -2.29. The van der Waals surface area contributed by atoms with Gasteiger partial charge in [0.15, 0.2) is 0 Å². The first-order chi connectivity index (χ1) is 14.5. The highest BCUT2D eigenvalue weighted by Crippen LogP contribution is 2.35. The number of rotatable bonds is 6. The van der Waals surface area contributed by atoms with Crippen LogP contribution in [0, 0.1) is 6.92 Å². The molecule has 0 bridgehead atoms. The molecule has 5 nitrogen and oxygen atoms in total.